The second kappa shape index (κ2) is 43.7. The fourth-order valence-corrected chi connectivity index (χ4v) is 14.6. The molecule has 0 unspecified atom stereocenters. The minimum absolute atomic E-state index is 0.405. The number of halogens is 4. The molecule has 0 aliphatic carbocycles. The van der Waals surface area contributed by atoms with E-state index in [-0.39, 0.29) is 0 Å². The number of nitrogens with one attached hydrogen (secondary N) is 8. The van der Waals surface area contributed by atoms with Gasteiger partial charge in [0.05, 0.1) is 118 Å². The van der Waals surface area contributed by atoms with Crippen molar-refractivity contribution in [2.45, 2.75) is 155 Å². The van der Waals surface area contributed by atoms with Crippen molar-refractivity contribution in [1.82, 2.24) is 84.0 Å². The van der Waals surface area contributed by atoms with Crippen LogP contribution in [0.2, 0.25) is 20.1 Å². The molecule has 0 spiro atoms. The van der Waals surface area contributed by atoms with Gasteiger partial charge in [-0.25, -0.2) is 24.9 Å². The van der Waals surface area contributed by atoms with Gasteiger partial charge in [0, 0.05) is 169 Å². The van der Waals surface area contributed by atoms with Crippen LogP contribution in [0.15, 0.2) is 238 Å². The number of hydrogen-bond acceptors (Lipinski definition) is 25. The number of rotatable bonds is 36. The predicted molar refractivity (Wildman–Crippen MR) is 516 cm³/mol. The number of benzene rings is 4. The van der Waals surface area contributed by atoms with Crippen LogP contribution in [0.5, 0.6) is 0 Å². The third-order valence-corrected chi connectivity index (χ3v) is 20.4. The van der Waals surface area contributed by atoms with Crippen LogP contribution in [0.25, 0.3) is 43.6 Å². The number of pyridine rings is 7. The number of nitrogens with zero attached hydrogens (tertiary/aromatic N) is 17. The van der Waals surface area contributed by atoms with E-state index in [2.05, 4.69) is 92.8 Å². The van der Waals surface area contributed by atoms with E-state index in [9.17, 15) is 20.4 Å². The lowest BCUT2D eigenvalue weighted by atomic mass is 10.1. The normalized spacial score (nSPS) is 11.6. The Bertz CT molecular complexity index is 5560. The van der Waals surface area contributed by atoms with E-state index in [4.69, 9.17) is 61.4 Å². The van der Waals surface area contributed by atoms with Crippen LogP contribution in [0.4, 0.5) is 68.9 Å². The van der Waals surface area contributed by atoms with E-state index >= 15 is 0 Å². The maximum Gasteiger partial charge on any atom is 0.227 e. The quantitative estimate of drug-likeness (QED) is 0.0162. The highest BCUT2D eigenvalue weighted by molar-refractivity contribution is 6.32. The minimum atomic E-state index is -0.830. The Morgan fingerprint density at radius 1 is 0.297 bits per heavy atom. The van der Waals surface area contributed by atoms with Crippen molar-refractivity contribution >= 4 is 159 Å². The van der Waals surface area contributed by atoms with Crippen LogP contribution in [0, 0.1) is 0 Å². The zero-order valence-corrected chi connectivity index (χ0v) is 75.8. The minimum Gasteiger partial charge on any atom is -0.389 e. The number of anilines is 12. The average molecular weight is 1800 g/mol. The first-order valence-electron chi connectivity index (χ1n) is 42.3. The van der Waals surface area contributed by atoms with Gasteiger partial charge < -0.3 is 63.0 Å². The molecule has 0 radical (unpaired) electrons. The topological polar surface area (TPSA) is 364 Å². The Morgan fingerprint density at radius 3 is 0.828 bits per heavy atom. The van der Waals surface area contributed by atoms with Crippen molar-refractivity contribution in [3.05, 3.63) is 281 Å². The lowest BCUT2D eigenvalue weighted by Gasteiger charge is -2.16. The molecular weight excluding hydrogens is 1700 g/mol. The molecule has 0 aliphatic rings. The molecule has 0 aliphatic heterocycles. The highest BCUT2D eigenvalue weighted by atomic mass is 35.5. The summed E-state index contributed by atoms with van der Waals surface area (Å²) in [5.74, 6) is 2.84. The van der Waals surface area contributed by atoms with Crippen LogP contribution < -0.4 is 42.5 Å². The molecule has 0 fully saturated rings. The van der Waals surface area contributed by atoms with Gasteiger partial charge in [-0.3, -0.25) is 38.7 Å². The molecule has 12 heterocycles. The first-order chi connectivity index (χ1) is 61.4. The Hall–Kier alpha value is -12.7. The summed E-state index contributed by atoms with van der Waals surface area (Å²) in [6.07, 6.45) is 30.3. The second-order valence-corrected chi connectivity index (χ2v) is 35.3. The van der Waals surface area contributed by atoms with E-state index in [1.165, 1.54) is 0 Å². The summed E-state index contributed by atoms with van der Waals surface area (Å²) in [6, 6.07) is 50.7. The summed E-state index contributed by atoms with van der Waals surface area (Å²) in [6.45, 7) is 19.0. The zero-order valence-electron chi connectivity index (χ0n) is 72.7. The van der Waals surface area contributed by atoms with Crippen molar-refractivity contribution in [3.63, 3.8) is 0 Å². The van der Waals surface area contributed by atoms with Gasteiger partial charge in [-0.1, -0.05) is 64.6 Å². The van der Waals surface area contributed by atoms with Crippen LogP contribution in [-0.4, -0.2) is 153 Å². The molecule has 16 aromatic rings. The first-order valence-corrected chi connectivity index (χ1v) is 43.8. The molecule has 128 heavy (non-hydrogen) atoms. The Labute approximate surface area is 763 Å². The van der Waals surface area contributed by atoms with Crippen molar-refractivity contribution in [3.8, 4) is 0 Å². The monoisotopic (exact) mass is 1800 g/mol. The van der Waals surface area contributed by atoms with Crippen LogP contribution >= 0.6 is 46.4 Å². The number of aromatic nitrogens is 17. The van der Waals surface area contributed by atoms with Crippen LogP contribution in [0.1, 0.15) is 104 Å². The molecule has 0 atom stereocenters. The summed E-state index contributed by atoms with van der Waals surface area (Å²) in [4.78, 5) is 40.5. The van der Waals surface area contributed by atoms with Gasteiger partial charge in [0.1, 0.15) is 17.5 Å². The maximum absolute atomic E-state index is 9.94. The number of aryl methyl sites for hydroxylation is 4. The number of hydrogen-bond donors (Lipinski definition) is 12. The molecule has 29 nitrogen and oxygen atoms in total. The van der Waals surface area contributed by atoms with Gasteiger partial charge in [-0.2, -0.15) is 20.4 Å². The third-order valence-electron chi connectivity index (χ3n) is 19.5. The average Bonchev–Trinajstić information content (AvgIpc) is 1.82. The lowest BCUT2D eigenvalue weighted by molar-refractivity contribution is 0.0571. The molecule has 4 aromatic carbocycles. The Balaban J connectivity index is 0.000000146. The molecule has 0 amide bonds. The van der Waals surface area contributed by atoms with E-state index in [1.807, 2.05) is 183 Å². The van der Waals surface area contributed by atoms with Crippen LogP contribution in [0.3, 0.4) is 0 Å². The van der Waals surface area contributed by atoms with Gasteiger partial charge in [0.2, 0.25) is 5.95 Å². The van der Waals surface area contributed by atoms with E-state index in [0.717, 1.165) is 207 Å². The Morgan fingerprint density at radius 2 is 0.555 bits per heavy atom. The van der Waals surface area contributed by atoms with E-state index in [1.54, 1.807) is 130 Å². The maximum atomic E-state index is 9.94. The molecule has 16 rings (SSSR count). The van der Waals surface area contributed by atoms with Gasteiger partial charge in [0.15, 0.2) is 0 Å². The molecule has 33 heteroatoms. The van der Waals surface area contributed by atoms with Crippen molar-refractivity contribution < 1.29 is 20.4 Å². The molecule has 12 N–H and O–H groups in total. The molecule has 12 aromatic heterocycles. The molecule has 0 saturated carbocycles. The van der Waals surface area contributed by atoms with Crippen molar-refractivity contribution in [2.24, 2.45) is 0 Å². The standard InChI is InChI=1S/3C24H27ClN6O.C23H26ClN7O/c3*1-24(2,32)16-31-15-19(14-28-31)30-23-7-3-5-18(29-23)6-4-11-26-21-10-12-27-22-13-17(25)8-9-20(21)22;1-23(2,32)15-31-14-18(13-28-31)30-22-27-10-7-17(29-22)4-3-9-25-20-8-11-26-21-12-16(24)5-6-19(20)21/h3*3,5,7-10,12-15,32H,4,6,11,16H2,1-2H3,(H,26,27)(H,29,30);5-8,10-14,32H,3-4,9,15H2,1-2H3,(H,25,26)(H,27,29,30). The van der Waals surface area contributed by atoms with Crippen molar-refractivity contribution in [1.29, 1.82) is 0 Å². The van der Waals surface area contributed by atoms with Gasteiger partial charge in [-0.15, -0.1) is 0 Å². The zero-order chi connectivity index (χ0) is 90.2. The third kappa shape index (κ3) is 29.7. The fraction of sp³-hybridized carbons (Fsp3) is 0.295. The Kier molecular flexibility index (Phi) is 31.7. The predicted octanol–water partition coefficient (Wildman–Crippen LogP) is 19.6. The summed E-state index contributed by atoms with van der Waals surface area (Å²) in [5, 5.41) is 90.8. The van der Waals surface area contributed by atoms with Gasteiger partial charge in [-0.05, 0) is 246 Å². The smallest absolute Gasteiger partial charge is 0.227 e. The largest absolute Gasteiger partial charge is 0.389 e. The van der Waals surface area contributed by atoms with Crippen molar-refractivity contribution in [2.75, 3.05) is 68.7 Å². The van der Waals surface area contributed by atoms with Gasteiger partial charge >= 0.3 is 0 Å². The first kappa shape index (κ1) is 92.9. The fourth-order valence-electron chi connectivity index (χ4n) is 13.9. The second-order valence-electron chi connectivity index (χ2n) is 33.6. The summed E-state index contributed by atoms with van der Waals surface area (Å²) >= 11 is 24.3. The summed E-state index contributed by atoms with van der Waals surface area (Å²) < 4.78 is 6.84. The van der Waals surface area contributed by atoms with Gasteiger partial charge in [0.25, 0.3) is 0 Å². The molecule has 0 saturated heterocycles. The van der Waals surface area contributed by atoms with E-state index in [0.29, 0.717) is 52.2 Å². The van der Waals surface area contributed by atoms with Crippen LogP contribution in [-0.2, 0) is 51.9 Å². The molecular formula is C95H107Cl4N25O4. The highest BCUT2D eigenvalue weighted by Gasteiger charge is 2.20. The number of fused-ring (bicyclic) bond motifs is 4. The highest BCUT2D eigenvalue weighted by Crippen LogP contribution is 2.31. The summed E-state index contributed by atoms with van der Waals surface area (Å²) in [5.41, 5.74) is 11.8. The molecule has 0 bridgehead atoms. The molecule has 664 valence electrons. The number of aliphatic hydroxyl groups is 4. The summed E-state index contributed by atoms with van der Waals surface area (Å²) in [7, 11) is 0. The lowest BCUT2D eigenvalue weighted by Crippen LogP contribution is -2.26. The SMILES string of the molecule is CC(C)(O)Cn1cc(Nc2cccc(CCCNc3ccnc4cc(Cl)ccc34)n2)cn1.CC(C)(O)Cn1cc(Nc2cccc(CCCNc3ccnc4cc(Cl)ccc34)n2)cn1.CC(C)(O)Cn1cc(Nc2cccc(CCCNc3ccnc4cc(Cl)ccc34)n2)cn1.CC(C)(O)Cn1cc(Nc2nccc(CCCNc3ccnc4cc(Cl)ccc34)n2)cn1. The van der Waals surface area contributed by atoms with E-state index < -0.39 is 22.4 Å².